The van der Waals surface area contributed by atoms with Gasteiger partial charge in [-0.05, 0) is 18.7 Å². The van der Waals surface area contributed by atoms with Crippen molar-refractivity contribution in [2.45, 2.75) is 26.1 Å². The molecule has 0 amide bonds. The Hall–Kier alpha value is 1.08. The lowest BCUT2D eigenvalue weighted by molar-refractivity contribution is 1.14. The van der Waals surface area contributed by atoms with E-state index >= 15 is 0 Å². The molecule has 2 atom stereocenters. The van der Waals surface area contributed by atoms with Gasteiger partial charge in [-0.2, -0.15) is 0 Å². The van der Waals surface area contributed by atoms with Gasteiger partial charge in [-0.3, -0.25) is 0 Å². The van der Waals surface area contributed by atoms with Crippen LogP contribution in [-0.2, 0) is 0 Å². The van der Waals surface area contributed by atoms with Crippen LogP contribution < -0.4 is 0 Å². The molecule has 1 rings (SSSR count). The third kappa shape index (κ3) is 2.29. The van der Waals surface area contributed by atoms with Crippen LogP contribution in [0.25, 0.3) is 0 Å². The van der Waals surface area contributed by atoms with E-state index < -0.39 is 7.74 Å². The number of hydrogen-bond donors (Lipinski definition) is 0. The summed E-state index contributed by atoms with van der Waals surface area (Å²) in [5, 5.41) is 0. The van der Waals surface area contributed by atoms with Crippen molar-refractivity contribution in [3.63, 3.8) is 0 Å². The van der Waals surface area contributed by atoms with E-state index in [1.807, 2.05) is 0 Å². The van der Waals surface area contributed by atoms with E-state index in [1.165, 1.54) is 8.27 Å². The lowest BCUT2D eigenvalue weighted by Gasteiger charge is -2.24. The number of rotatable bonds is 1. The van der Waals surface area contributed by atoms with E-state index in [4.69, 9.17) is 0 Å². The highest BCUT2D eigenvalue weighted by Crippen LogP contribution is 2.66. The first-order valence-corrected chi connectivity index (χ1v) is 11.5. The minimum atomic E-state index is -0.647. The Kier molecular flexibility index (Phi) is 2.71. The first-order valence-electron chi connectivity index (χ1n) is 3.62. The van der Waals surface area contributed by atoms with E-state index in [1.54, 1.807) is 18.7 Å². The van der Waals surface area contributed by atoms with Crippen LogP contribution in [0.15, 0.2) is 0 Å². The zero-order chi connectivity index (χ0) is 6.91. The van der Waals surface area contributed by atoms with Crippen molar-refractivity contribution in [3.05, 3.63) is 0 Å². The first kappa shape index (κ1) is 8.18. The van der Waals surface area contributed by atoms with Crippen molar-refractivity contribution >= 4 is 23.2 Å². The summed E-state index contributed by atoms with van der Waals surface area (Å²) >= 11 is 0. The van der Waals surface area contributed by atoms with Crippen molar-refractivity contribution in [2.75, 3.05) is 12.3 Å². The van der Waals surface area contributed by atoms with Gasteiger partial charge in [-0.25, -0.2) is 0 Å². The highest BCUT2D eigenvalue weighted by molar-refractivity contribution is 8.38. The third-order valence-corrected chi connectivity index (χ3v) is 20.5. The van der Waals surface area contributed by atoms with E-state index in [2.05, 4.69) is 19.6 Å². The average Bonchev–Trinajstić information content (AvgIpc) is 2.08. The van der Waals surface area contributed by atoms with Gasteiger partial charge < -0.3 is 0 Å². The molecule has 9 heavy (non-hydrogen) atoms. The van der Waals surface area contributed by atoms with Gasteiger partial charge >= 0.3 is 0 Å². The maximum atomic E-state index is 2.54. The summed E-state index contributed by atoms with van der Waals surface area (Å²) in [7, 11) is 1.31. The maximum Gasteiger partial charge on any atom is 0.0768 e. The molecule has 1 aliphatic rings. The van der Waals surface area contributed by atoms with Gasteiger partial charge in [0.15, 0.2) is 0 Å². The molecule has 54 valence electrons. The zero-order valence-electron chi connectivity index (χ0n) is 6.57. The predicted octanol–water partition coefficient (Wildman–Crippen LogP) is 3.30. The highest BCUT2D eigenvalue weighted by Gasteiger charge is 2.28. The van der Waals surface area contributed by atoms with Crippen LogP contribution in [0.5, 0.6) is 0 Å². The Balaban J connectivity index is 2.42. The van der Waals surface area contributed by atoms with Gasteiger partial charge in [0.25, 0.3) is 0 Å². The molecule has 1 fully saturated rings. The minimum Gasteiger partial charge on any atom is -0.100 e. The predicted molar refractivity (Wildman–Crippen MR) is 52.9 cm³/mol. The zero-order valence-corrected chi connectivity index (χ0v) is 9.46. The van der Waals surface area contributed by atoms with Gasteiger partial charge in [0, 0.05) is 0 Å². The molecule has 1 saturated heterocycles. The van der Waals surface area contributed by atoms with Gasteiger partial charge in [-0.15, -0.1) is 8.27 Å². The summed E-state index contributed by atoms with van der Waals surface area (Å²) in [4.78, 5) is 0. The molecule has 0 N–H and O–H groups in total. The van der Waals surface area contributed by atoms with Crippen LogP contribution in [0, 0.1) is 0 Å². The van der Waals surface area contributed by atoms with Crippen LogP contribution in [0.4, 0.5) is 0 Å². The number of hydrogen-bond acceptors (Lipinski definition) is 0. The average molecular weight is 178 g/mol. The van der Waals surface area contributed by atoms with Gasteiger partial charge in [0.05, 0.1) is 7.74 Å². The SMILES string of the molecule is C[Si](C)(C)P1CCCP1. The van der Waals surface area contributed by atoms with Crippen LogP contribution >= 0.6 is 15.4 Å². The summed E-state index contributed by atoms with van der Waals surface area (Å²) in [6.45, 7) is 7.62. The Labute approximate surface area is 62.1 Å². The summed E-state index contributed by atoms with van der Waals surface area (Å²) < 4.78 is 0. The van der Waals surface area contributed by atoms with Crippen molar-refractivity contribution in [1.82, 2.24) is 0 Å². The largest absolute Gasteiger partial charge is 0.100 e. The molecule has 0 aliphatic carbocycles. The van der Waals surface area contributed by atoms with Gasteiger partial charge in [-0.1, -0.05) is 26.8 Å². The monoisotopic (exact) mass is 178 g/mol. The smallest absolute Gasteiger partial charge is 0.0768 e. The summed E-state index contributed by atoms with van der Waals surface area (Å²) in [6.07, 6.45) is 4.73. The van der Waals surface area contributed by atoms with E-state index in [-0.39, 0.29) is 0 Å². The molecule has 0 aromatic rings. The molecule has 0 radical (unpaired) electrons. The van der Waals surface area contributed by atoms with Crippen LogP contribution in [0.3, 0.4) is 0 Å². The fourth-order valence-corrected chi connectivity index (χ4v) is 15.2. The molecule has 0 nitrogen and oxygen atoms in total. The third-order valence-electron chi connectivity index (χ3n) is 1.67. The molecule has 1 aliphatic heterocycles. The van der Waals surface area contributed by atoms with Gasteiger partial charge in [0.1, 0.15) is 0 Å². The molecule has 0 bridgehead atoms. The minimum absolute atomic E-state index is 0.581. The summed E-state index contributed by atoms with van der Waals surface area (Å²) in [5.41, 5.74) is 0. The maximum absolute atomic E-state index is 2.54. The fraction of sp³-hybridized carbons (Fsp3) is 1.00. The van der Waals surface area contributed by atoms with E-state index in [9.17, 15) is 0 Å². The summed E-state index contributed by atoms with van der Waals surface area (Å²) in [6, 6.07) is 0. The second kappa shape index (κ2) is 2.99. The van der Waals surface area contributed by atoms with Crippen LogP contribution in [0.1, 0.15) is 6.42 Å². The van der Waals surface area contributed by atoms with Crippen molar-refractivity contribution in [3.8, 4) is 0 Å². The fourth-order valence-electron chi connectivity index (χ4n) is 1.10. The van der Waals surface area contributed by atoms with Gasteiger partial charge in [0.2, 0.25) is 0 Å². The van der Waals surface area contributed by atoms with E-state index in [0.717, 1.165) is 0 Å². The Morgan fingerprint density at radius 1 is 1.33 bits per heavy atom. The second-order valence-corrected chi connectivity index (χ2v) is 19.6. The Bertz CT molecular complexity index is 91.7. The lowest BCUT2D eigenvalue weighted by atomic mass is 10.6. The standard InChI is InChI=1S/C6H16P2Si/c1-9(2,3)8-6-4-5-7-8/h7H,4-6H2,1-3H3. The van der Waals surface area contributed by atoms with Crippen molar-refractivity contribution < 1.29 is 0 Å². The Morgan fingerprint density at radius 2 is 2.00 bits per heavy atom. The lowest BCUT2D eigenvalue weighted by Crippen LogP contribution is -2.15. The van der Waals surface area contributed by atoms with Crippen molar-refractivity contribution in [2.24, 2.45) is 0 Å². The second-order valence-electron chi connectivity index (χ2n) is 3.58. The quantitative estimate of drug-likeness (QED) is 0.427. The Morgan fingerprint density at radius 3 is 2.22 bits per heavy atom. The molecule has 1 heterocycles. The molecule has 0 aromatic carbocycles. The normalized spacial score (nSPS) is 31.7. The van der Waals surface area contributed by atoms with Crippen molar-refractivity contribution in [1.29, 1.82) is 0 Å². The highest BCUT2D eigenvalue weighted by atomic mass is 32.2. The molecule has 3 heteroatoms. The van der Waals surface area contributed by atoms with Crippen LogP contribution in [-0.4, -0.2) is 20.1 Å². The molecule has 2 unspecified atom stereocenters. The molecule has 0 aromatic heterocycles. The molecule has 0 saturated carbocycles. The molecule has 0 spiro atoms. The first-order chi connectivity index (χ1) is 4.11. The molecular formula is C6H16P2Si. The topological polar surface area (TPSA) is 0 Å². The summed E-state index contributed by atoms with van der Waals surface area (Å²) in [5.74, 6) is 0. The molecular weight excluding hydrogens is 162 g/mol. The van der Waals surface area contributed by atoms with E-state index in [0.29, 0.717) is 7.16 Å². The van der Waals surface area contributed by atoms with Crippen LogP contribution in [0.2, 0.25) is 19.6 Å².